The number of ether oxygens (including phenoxy) is 2. The van der Waals surface area contributed by atoms with E-state index in [1.165, 1.54) is 12.1 Å². The topological polar surface area (TPSA) is 94.8 Å². The lowest BCUT2D eigenvalue weighted by atomic mass is 10.1. The van der Waals surface area contributed by atoms with Gasteiger partial charge in [0.05, 0.1) is 23.7 Å². The molecule has 36 heavy (non-hydrogen) atoms. The first-order chi connectivity index (χ1) is 17.0. The second-order valence-electron chi connectivity index (χ2n) is 7.70. The van der Waals surface area contributed by atoms with Crippen LogP contribution in [0.3, 0.4) is 0 Å². The molecule has 1 N–H and O–H groups in total. The average molecular weight is 526 g/mol. The van der Waals surface area contributed by atoms with Crippen LogP contribution in [-0.4, -0.2) is 34.1 Å². The number of rotatable bonds is 11. The van der Waals surface area contributed by atoms with Crippen LogP contribution < -0.4 is 14.8 Å². The number of halogens is 3. The first-order valence-electron chi connectivity index (χ1n) is 11.2. The second kappa shape index (κ2) is 11.5. The molecule has 2 aromatic carbocycles. The highest BCUT2D eigenvalue weighted by Gasteiger charge is 2.32. The van der Waals surface area contributed by atoms with Crippen LogP contribution in [-0.2, 0) is 28.2 Å². The highest BCUT2D eigenvalue weighted by Crippen LogP contribution is 2.31. The lowest BCUT2D eigenvalue weighted by Crippen LogP contribution is -2.25. The van der Waals surface area contributed by atoms with Crippen molar-refractivity contribution in [1.82, 2.24) is 5.32 Å². The summed E-state index contributed by atoms with van der Waals surface area (Å²) >= 11 is 0. The standard InChI is InChI=1S/C25H26F3NO6S/c1-3-33-21-10-8-17(14-23(21)34-4-2)12-13-29-24(30)22-11-9-19(35-22)16-36(31,32)20-7-5-6-18(15-20)25(26,27)28/h5-11,14-15H,3-4,12-13,16H2,1-2H3,(H,29,30). The molecule has 0 bridgehead atoms. The van der Waals surface area contributed by atoms with Crippen molar-refractivity contribution in [3.63, 3.8) is 0 Å². The summed E-state index contributed by atoms with van der Waals surface area (Å²) in [6.45, 7) is 4.99. The third kappa shape index (κ3) is 7.03. The van der Waals surface area contributed by atoms with Gasteiger partial charge in [-0.25, -0.2) is 8.42 Å². The summed E-state index contributed by atoms with van der Waals surface area (Å²) in [7, 11) is -4.13. The third-order valence-corrected chi connectivity index (χ3v) is 6.68. The van der Waals surface area contributed by atoms with Crippen LogP contribution in [0.5, 0.6) is 11.5 Å². The van der Waals surface area contributed by atoms with Crippen molar-refractivity contribution in [2.24, 2.45) is 0 Å². The SMILES string of the molecule is CCOc1ccc(CCNC(=O)c2ccc(CS(=O)(=O)c3cccc(C(F)(F)F)c3)o2)cc1OCC. The summed E-state index contributed by atoms with van der Waals surface area (Å²) < 4.78 is 80.4. The number of nitrogens with one attached hydrogen (secondary N) is 1. The van der Waals surface area contributed by atoms with Crippen LogP contribution in [0, 0.1) is 0 Å². The molecule has 3 aromatic rings. The largest absolute Gasteiger partial charge is 0.490 e. The fourth-order valence-corrected chi connectivity index (χ4v) is 4.66. The van der Waals surface area contributed by atoms with E-state index in [0.717, 1.165) is 23.8 Å². The minimum atomic E-state index is -4.67. The summed E-state index contributed by atoms with van der Waals surface area (Å²) in [6.07, 6.45) is -4.17. The van der Waals surface area contributed by atoms with Crippen molar-refractivity contribution in [2.75, 3.05) is 19.8 Å². The molecule has 0 aliphatic rings. The molecule has 0 aliphatic carbocycles. The molecule has 1 heterocycles. The Morgan fingerprint density at radius 1 is 0.972 bits per heavy atom. The van der Waals surface area contributed by atoms with Gasteiger partial charge in [0.2, 0.25) is 0 Å². The number of alkyl halides is 3. The van der Waals surface area contributed by atoms with E-state index in [-0.39, 0.29) is 18.1 Å². The zero-order valence-electron chi connectivity index (χ0n) is 19.7. The molecule has 0 saturated carbocycles. The Bertz CT molecular complexity index is 1300. The van der Waals surface area contributed by atoms with Gasteiger partial charge in [-0.1, -0.05) is 12.1 Å². The first-order valence-corrected chi connectivity index (χ1v) is 12.8. The highest BCUT2D eigenvalue weighted by molar-refractivity contribution is 7.90. The Morgan fingerprint density at radius 2 is 1.69 bits per heavy atom. The van der Waals surface area contributed by atoms with E-state index in [1.807, 2.05) is 26.0 Å². The predicted octanol–water partition coefficient (Wildman–Crippen LogP) is 5.04. The van der Waals surface area contributed by atoms with Crippen molar-refractivity contribution in [3.05, 3.63) is 77.2 Å². The Hall–Kier alpha value is -3.47. The normalized spacial score (nSPS) is 11.8. The number of hydrogen-bond acceptors (Lipinski definition) is 6. The molecule has 0 unspecified atom stereocenters. The Labute approximate surface area is 207 Å². The lowest BCUT2D eigenvalue weighted by molar-refractivity contribution is -0.137. The van der Waals surface area contributed by atoms with Gasteiger partial charge in [0.1, 0.15) is 11.5 Å². The molecular weight excluding hydrogens is 499 g/mol. The van der Waals surface area contributed by atoms with Crippen LogP contribution in [0.4, 0.5) is 13.2 Å². The average Bonchev–Trinajstić information content (AvgIpc) is 3.28. The molecule has 11 heteroatoms. The van der Waals surface area contributed by atoms with E-state index in [2.05, 4.69) is 5.32 Å². The molecule has 1 amide bonds. The number of carbonyl (C=O) groups excluding carboxylic acids is 1. The Balaban J connectivity index is 1.60. The fourth-order valence-electron chi connectivity index (χ4n) is 3.37. The number of sulfone groups is 1. The third-order valence-electron chi connectivity index (χ3n) is 5.05. The van der Waals surface area contributed by atoms with Crippen molar-refractivity contribution < 1.29 is 40.3 Å². The van der Waals surface area contributed by atoms with Gasteiger partial charge in [0.25, 0.3) is 5.91 Å². The van der Waals surface area contributed by atoms with E-state index in [0.29, 0.717) is 37.2 Å². The maximum absolute atomic E-state index is 12.9. The quantitative estimate of drug-likeness (QED) is 0.377. The number of amides is 1. The van der Waals surface area contributed by atoms with Gasteiger partial charge in [0.15, 0.2) is 27.1 Å². The molecule has 7 nitrogen and oxygen atoms in total. The van der Waals surface area contributed by atoms with Crippen LogP contribution in [0.1, 0.15) is 41.3 Å². The summed E-state index contributed by atoms with van der Waals surface area (Å²) in [5.41, 5.74) is -0.154. The van der Waals surface area contributed by atoms with Crippen molar-refractivity contribution >= 4 is 15.7 Å². The van der Waals surface area contributed by atoms with Gasteiger partial charge in [-0.3, -0.25) is 4.79 Å². The highest BCUT2D eigenvalue weighted by atomic mass is 32.2. The molecule has 3 rings (SSSR count). The summed E-state index contributed by atoms with van der Waals surface area (Å²) in [5, 5.41) is 2.69. The van der Waals surface area contributed by atoms with Crippen molar-refractivity contribution in [3.8, 4) is 11.5 Å². The number of furan rings is 1. The minimum absolute atomic E-state index is 0.0644. The fraction of sp³-hybridized carbons (Fsp3) is 0.320. The molecule has 0 saturated heterocycles. The Morgan fingerprint density at radius 3 is 2.39 bits per heavy atom. The molecule has 194 valence electrons. The van der Waals surface area contributed by atoms with E-state index in [4.69, 9.17) is 13.9 Å². The molecule has 0 radical (unpaired) electrons. The predicted molar refractivity (Wildman–Crippen MR) is 126 cm³/mol. The zero-order chi connectivity index (χ0) is 26.3. The van der Waals surface area contributed by atoms with E-state index >= 15 is 0 Å². The molecule has 0 aliphatic heterocycles. The molecule has 0 fully saturated rings. The van der Waals surface area contributed by atoms with Gasteiger partial charge in [0, 0.05) is 6.54 Å². The molecule has 1 aromatic heterocycles. The van der Waals surface area contributed by atoms with Gasteiger partial charge in [-0.05, 0) is 68.3 Å². The van der Waals surface area contributed by atoms with E-state index < -0.39 is 38.1 Å². The maximum Gasteiger partial charge on any atom is 0.416 e. The van der Waals surface area contributed by atoms with Crippen molar-refractivity contribution in [1.29, 1.82) is 0 Å². The smallest absolute Gasteiger partial charge is 0.416 e. The minimum Gasteiger partial charge on any atom is -0.490 e. The maximum atomic E-state index is 12.9. The first kappa shape index (κ1) is 27.1. The zero-order valence-corrected chi connectivity index (χ0v) is 20.5. The van der Waals surface area contributed by atoms with Crippen LogP contribution in [0.2, 0.25) is 0 Å². The molecular formula is C25H26F3NO6S. The van der Waals surface area contributed by atoms with E-state index in [1.54, 1.807) is 6.07 Å². The summed E-state index contributed by atoms with van der Waals surface area (Å²) in [4.78, 5) is 11.9. The molecule has 0 atom stereocenters. The Kier molecular flexibility index (Phi) is 8.67. The van der Waals surface area contributed by atoms with Gasteiger partial charge < -0.3 is 19.2 Å². The van der Waals surface area contributed by atoms with Gasteiger partial charge >= 0.3 is 6.18 Å². The van der Waals surface area contributed by atoms with Crippen LogP contribution in [0.15, 0.2) is 63.9 Å². The van der Waals surface area contributed by atoms with E-state index in [9.17, 15) is 26.4 Å². The lowest BCUT2D eigenvalue weighted by Gasteiger charge is -2.12. The second-order valence-corrected chi connectivity index (χ2v) is 9.69. The summed E-state index contributed by atoms with van der Waals surface area (Å²) in [6, 6.07) is 11.6. The monoisotopic (exact) mass is 525 g/mol. The number of carbonyl (C=O) groups is 1. The van der Waals surface area contributed by atoms with Crippen LogP contribution in [0.25, 0.3) is 0 Å². The number of benzene rings is 2. The molecule has 0 spiro atoms. The number of hydrogen-bond donors (Lipinski definition) is 1. The van der Waals surface area contributed by atoms with Gasteiger partial charge in [-0.2, -0.15) is 13.2 Å². The summed E-state index contributed by atoms with van der Waals surface area (Å²) in [5.74, 6) is -0.158. The van der Waals surface area contributed by atoms with Gasteiger partial charge in [-0.15, -0.1) is 0 Å². The van der Waals surface area contributed by atoms with Crippen LogP contribution >= 0.6 is 0 Å². The van der Waals surface area contributed by atoms with Crippen molar-refractivity contribution in [2.45, 2.75) is 37.1 Å².